The fourth-order valence-electron chi connectivity index (χ4n) is 5.21. The Morgan fingerprint density at radius 1 is 0.895 bits per heavy atom. The van der Waals surface area contributed by atoms with Gasteiger partial charge in [-0.1, -0.05) is 99.6 Å². The molecule has 0 saturated heterocycles. The molecular weight excluding hydrogens is 490 g/mol. The number of hydrogen-bond acceptors (Lipinski definition) is 4. The van der Waals surface area contributed by atoms with Crippen LogP contribution in [0.4, 0.5) is 4.79 Å². The Labute approximate surface area is 229 Å². The van der Waals surface area contributed by atoms with Gasteiger partial charge in [-0.05, 0) is 50.4 Å². The maximum absolute atomic E-state index is 12.9. The number of aldehydes is 1. The molecule has 0 unspecified atom stereocenters. The van der Waals surface area contributed by atoms with Crippen LogP contribution in [0.25, 0.3) is 22.3 Å². The minimum absolute atomic E-state index is 0.00329. The van der Waals surface area contributed by atoms with Crippen LogP contribution in [0.3, 0.4) is 0 Å². The molecule has 192 valence electrons. The lowest BCUT2D eigenvalue weighted by Crippen LogP contribution is -2.26. The van der Waals surface area contributed by atoms with Crippen molar-refractivity contribution in [1.82, 2.24) is 5.32 Å². The summed E-state index contributed by atoms with van der Waals surface area (Å²) in [4.78, 5) is 25.5. The standard InChI is InChI=1S/C33H31NO3S/c1-33(2,3)23-16-22(31(30(38)17-23)24-11-5-4-10-21(24)19-35)18-34-32(36)37-20-29-27-14-8-6-12-25(27)26-13-7-9-15-28(26)29/h4-17,19,29,38H,18,20H2,1-3H3,(H,34,36). The van der Waals surface area contributed by atoms with Crippen molar-refractivity contribution in [3.8, 4) is 22.3 Å². The average Bonchev–Trinajstić information content (AvgIpc) is 3.23. The van der Waals surface area contributed by atoms with Crippen molar-refractivity contribution in [2.45, 2.75) is 43.5 Å². The number of rotatable bonds is 6. The quantitative estimate of drug-likeness (QED) is 0.201. The van der Waals surface area contributed by atoms with Crippen LogP contribution in [0.2, 0.25) is 0 Å². The number of nitrogens with one attached hydrogen (secondary N) is 1. The molecule has 4 aromatic carbocycles. The fourth-order valence-corrected chi connectivity index (χ4v) is 5.62. The Bertz CT molecular complexity index is 1470. The monoisotopic (exact) mass is 521 g/mol. The third-order valence-corrected chi connectivity index (χ3v) is 7.54. The average molecular weight is 522 g/mol. The zero-order valence-corrected chi connectivity index (χ0v) is 22.7. The van der Waals surface area contributed by atoms with Crippen LogP contribution in [0.1, 0.15) is 59.3 Å². The Hall–Kier alpha value is -3.83. The molecule has 0 radical (unpaired) electrons. The molecule has 1 N–H and O–H groups in total. The summed E-state index contributed by atoms with van der Waals surface area (Å²) in [6.07, 6.45) is 0.367. The Kier molecular flexibility index (Phi) is 7.13. The maximum atomic E-state index is 12.9. The summed E-state index contributed by atoms with van der Waals surface area (Å²) < 4.78 is 5.75. The smallest absolute Gasteiger partial charge is 0.407 e. The van der Waals surface area contributed by atoms with E-state index in [2.05, 4.69) is 56.4 Å². The summed E-state index contributed by atoms with van der Waals surface area (Å²) in [5, 5.41) is 2.94. The van der Waals surface area contributed by atoms with E-state index in [1.807, 2.05) is 48.5 Å². The second-order valence-electron chi connectivity index (χ2n) is 10.7. The van der Waals surface area contributed by atoms with Gasteiger partial charge >= 0.3 is 6.09 Å². The van der Waals surface area contributed by atoms with Crippen LogP contribution in [0.5, 0.6) is 0 Å². The maximum Gasteiger partial charge on any atom is 0.407 e. The van der Waals surface area contributed by atoms with Crippen LogP contribution in [0.15, 0.2) is 89.8 Å². The highest BCUT2D eigenvalue weighted by Crippen LogP contribution is 2.44. The first-order valence-electron chi connectivity index (χ1n) is 12.8. The third-order valence-electron chi connectivity index (χ3n) is 7.19. The third kappa shape index (κ3) is 4.99. The Balaban J connectivity index is 1.38. The summed E-state index contributed by atoms with van der Waals surface area (Å²) in [6, 6.07) is 28.1. The number of thiol groups is 1. The van der Waals surface area contributed by atoms with Crippen LogP contribution in [-0.4, -0.2) is 19.0 Å². The van der Waals surface area contributed by atoms with Crippen molar-refractivity contribution in [2.24, 2.45) is 0 Å². The molecule has 1 aliphatic rings. The van der Waals surface area contributed by atoms with Crippen molar-refractivity contribution in [3.05, 3.63) is 113 Å². The van der Waals surface area contributed by atoms with Crippen molar-refractivity contribution in [1.29, 1.82) is 0 Å². The summed E-state index contributed by atoms with van der Waals surface area (Å²) in [5.74, 6) is -0.00329. The minimum Gasteiger partial charge on any atom is -0.449 e. The first kappa shape index (κ1) is 25.8. The molecule has 0 fully saturated rings. The van der Waals surface area contributed by atoms with E-state index in [-0.39, 0.29) is 24.5 Å². The van der Waals surface area contributed by atoms with E-state index in [4.69, 9.17) is 17.4 Å². The summed E-state index contributed by atoms with van der Waals surface area (Å²) in [5.41, 5.74) is 8.79. The predicted octanol–water partition coefficient (Wildman–Crippen LogP) is 7.79. The van der Waals surface area contributed by atoms with Gasteiger partial charge in [0.2, 0.25) is 0 Å². The van der Waals surface area contributed by atoms with Crippen LogP contribution in [-0.2, 0) is 16.7 Å². The minimum atomic E-state index is -0.483. The molecule has 5 heteroatoms. The molecule has 0 aliphatic heterocycles. The largest absolute Gasteiger partial charge is 0.449 e. The van der Waals surface area contributed by atoms with Gasteiger partial charge in [-0.25, -0.2) is 4.79 Å². The van der Waals surface area contributed by atoms with Crippen molar-refractivity contribution in [2.75, 3.05) is 6.61 Å². The van der Waals surface area contributed by atoms with E-state index >= 15 is 0 Å². The van der Waals surface area contributed by atoms with Gasteiger partial charge in [0.05, 0.1) is 0 Å². The number of hydrogen-bond donors (Lipinski definition) is 2. The molecule has 0 atom stereocenters. The van der Waals surface area contributed by atoms with Gasteiger partial charge in [-0.3, -0.25) is 4.79 Å². The lowest BCUT2D eigenvalue weighted by Gasteiger charge is -2.24. The molecular formula is C33H31NO3S. The highest BCUT2D eigenvalue weighted by Gasteiger charge is 2.29. The molecule has 5 rings (SSSR count). The van der Waals surface area contributed by atoms with Gasteiger partial charge in [-0.2, -0.15) is 0 Å². The van der Waals surface area contributed by atoms with Gasteiger partial charge < -0.3 is 10.1 Å². The number of fused-ring (bicyclic) bond motifs is 3. The van der Waals surface area contributed by atoms with Crippen molar-refractivity contribution in [3.63, 3.8) is 0 Å². The van der Waals surface area contributed by atoms with Gasteiger partial charge in [-0.15, -0.1) is 12.6 Å². The normalized spacial score (nSPS) is 12.5. The second-order valence-corrected chi connectivity index (χ2v) is 11.1. The van der Waals surface area contributed by atoms with E-state index in [1.165, 1.54) is 22.3 Å². The first-order valence-corrected chi connectivity index (χ1v) is 13.2. The highest BCUT2D eigenvalue weighted by molar-refractivity contribution is 7.80. The van der Waals surface area contributed by atoms with E-state index in [9.17, 15) is 9.59 Å². The molecule has 0 saturated carbocycles. The molecule has 38 heavy (non-hydrogen) atoms. The first-order chi connectivity index (χ1) is 18.3. The zero-order valence-electron chi connectivity index (χ0n) is 21.8. The van der Waals surface area contributed by atoms with Crippen LogP contribution < -0.4 is 5.32 Å². The molecule has 4 aromatic rings. The van der Waals surface area contributed by atoms with E-state index < -0.39 is 6.09 Å². The molecule has 1 amide bonds. The Morgan fingerprint density at radius 3 is 2.08 bits per heavy atom. The number of benzene rings is 4. The van der Waals surface area contributed by atoms with Crippen LogP contribution >= 0.6 is 12.6 Å². The van der Waals surface area contributed by atoms with Gasteiger partial charge in [0, 0.05) is 28.5 Å². The highest BCUT2D eigenvalue weighted by atomic mass is 32.1. The zero-order chi connectivity index (χ0) is 26.9. The van der Waals surface area contributed by atoms with Gasteiger partial charge in [0.25, 0.3) is 0 Å². The molecule has 0 heterocycles. The van der Waals surface area contributed by atoms with E-state index in [0.717, 1.165) is 33.4 Å². The molecule has 0 bridgehead atoms. The van der Waals surface area contributed by atoms with Gasteiger partial charge in [0.15, 0.2) is 6.29 Å². The lowest BCUT2D eigenvalue weighted by atomic mass is 9.83. The summed E-state index contributed by atoms with van der Waals surface area (Å²) in [6.45, 7) is 6.91. The number of ether oxygens (including phenoxy) is 1. The fraction of sp³-hybridized carbons (Fsp3) is 0.212. The van der Waals surface area contributed by atoms with E-state index in [1.54, 1.807) is 6.07 Å². The van der Waals surface area contributed by atoms with Crippen molar-refractivity contribution < 1.29 is 14.3 Å². The second kappa shape index (κ2) is 10.5. The van der Waals surface area contributed by atoms with E-state index in [0.29, 0.717) is 5.56 Å². The molecule has 4 nitrogen and oxygen atoms in total. The topological polar surface area (TPSA) is 55.4 Å². The number of carbonyl (C=O) groups is 2. The molecule has 0 spiro atoms. The number of carbonyl (C=O) groups excluding carboxylic acids is 2. The Morgan fingerprint density at radius 2 is 1.47 bits per heavy atom. The number of alkyl carbamates (subject to hydrolysis) is 1. The SMILES string of the molecule is CC(C)(C)c1cc(S)c(-c2ccccc2C=O)c(CNC(=O)OCC2c3ccccc3-c3ccccc32)c1. The predicted molar refractivity (Wildman–Crippen MR) is 155 cm³/mol. The van der Waals surface area contributed by atoms with Crippen molar-refractivity contribution >= 4 is 25.0 Å². The summed E-state index contributed by atoms with van der Waals surface area (Å²) >= 11 is 4.81. The number of amides is 1. The van der Waals surface area contributed by atoms with Gasteiger partial charge in [0.1, 0.15) is 6.61 Å². The van der Waals surface area contributed by atoms with Crippen LogP contribution in [0, 0.1) is 0 Å². The summed E-state index contributed by atoms with van der Waals surface area (Å²) in [7, 11) is 0. The molecule has 0 aromatic heterocycles. The lowest BCUT2D eigenvalue weighted by molar-refractivity contribution is 0.112. The molecule has 1 aliphatic carbocycles.